The monoisotopic (exact) mass is 218 g/mol. The number of aromatic nitrogens is 2. The molecule has 1 heterocycles. The number of hydrogen-bond acceptors (Lipinski definition) is 4. The summed E-state index contributed by atoms with van der Waals surface area (Å²) in [5.74, 6) is 0. The summed E-state index contributed by atoms with van der Waals surface area (Å²) < 4.78 is 1.47. The number of hydrogen-bond donors (Lipinski definition) is 2. The maximum Gasteiger partial charge on any atom is 0.260 e. The first-order valence-corrected chi connectivity index (χ1v) is 5.11. The summed E-state index contributed by atoms with van der Waals surface area (Å²) in [4.78, 5) is 15.9. The normalized spacial score (nSPS) is 10.6. The van der Waals surface area contributed by atoms with Gasteiger partial charge in [-0.3, -0.25) is 4.79 Å². The lowest BCUT2D eigenvalue weighted by molar-refractivity contribution is 0.843. The predicted molar refractivity (Wildman–Crippen MR) is 64.5 cm³/mol. The van der Waals surface area contributed by atoms with E-state index in [0.717, 1.165) is 5.69 Å². The Labute approximate surface area is 92.9 Å². The molecule has 0 spiro atoms. The first kappa shape index (κ1) is 10.6. The molecule has 0 saturated carbocycles. The average Bonchev–Trinajstić information content (AvgIpc) is 2.31. The summed E-state index contributed by atoms with van der Waals surface area (Å²) in [7, 11) is 1.69. The fraction of sp³-hybridized carbons (Fsp3) is 0.273. The molecule has 0 atom stereocenters. The molecule has 84 valence electrons. The molecule has 0 unspecified atom stereocenters. The van der Waals surface area contributed by atoms with Crippen LogP contribution in [0.1, 0.15) is 0 Å². The highest BCUT2D eigenvalue weighted by Crippen LogP contribution is 2.13. The summed E-state index contributed by atoms with van der Waals surface area (Å²) in [6.07, 6.45) is 1.53. The number of anilines is 1. The molecule has 0 aliphatic heterocycles. The quantitative estimate of drug-likeness (QED) is 0.777. The number of nitrogens with one attached hydrogen (secondary N) is 1. The van der Waals surface area contributed by atoms with Crippen molar-refractivity contribution in [2.24, 2.45) is 12.8 Å². The zero-order chi connectivity index (χ0) is 11.5. The molecule has 5 heteroatoms. The number of fused-ring (bicyclic) bond motifs is 1. The Morgan fingerprint density at radius 2 is 2.31 bits per heavy atom. The molecule has 0 aliphatic carbocycles. The Bertz CT molecular complexity index is 561. The molecule has 16 heavy (non-hydrogen) atoms. The van der Waals surface area contributed by atoms with Gasteiger partial charge in [-0.05, 0) is 18.2 Å². The van der Waals surface area contributed by atoms with Crippen LogP contribution in [-0.2, 0) is 7.05 Å². The minimum absolute atomic E-state index is 0.0321. The van der Waals surface area contributed by atoms with Gasteiger partial charge >= 0.3 is 0 Å². The molecule has 0 amide bonds. The number of benzene rings is 1. The maximum absolute atomic E-state index is 11.7. The van der Waals surface area contributed by atoms with Crippen LogP contribution in [-0.4, -0.2) is 22.6 Å². The molecule has 0 saturated heterocycles. The highest BCUT2D eigenvalue weighted by molar-refractivity contribution is 5.81. The molecule has 0 bridgehead atoms. The summed E-state index contributed by atoms with van der Waals surface area (Å²) in [5.41, 5.74) is 7.00. The molecule has 5 nitrogen and oxygen atoms in total. The van der Waals surface area contributed by atoms with Crippen LogP contribution < -0.4 is 16.6 Å². The van der Waals surface area contributed by atoms with Gasteiger partial charge in [0.25, 0.3) is 5.56 Å². The summed E-state index contributed by atoms with van der Waals surface area (Å²) in [6, 6.07) is 5.50. The van der Waals surface area contributed by atoms with Crippen LogP contribution in [0.5, 0.6) is 0 Å². The van der Waals surface area contributed by atoms with Crippen molar-refractivity contribution in [1.29, 1.82) is 0 Å². The van der Waals surface area contributed by atoms with E-state index < -0.39 is 0 Å². The van der Waals surface area contributed by atoms with Gasteiger partial charge in [0.1, 0.15) is 0 Å². The van der Waals surface area contributed by atoms with E-state index in [1.807, 2.05) is 12.1 Å². The summed E-state index contributed by atoms with van der Waals surface area (Å²) >= 11 is 0. The second-order valence-electron chi connectivity index (χ2n) is 3.61. The van der Waals surface area contributed by atoms with E-state index in [1.54, 1.807) is 13.1 Å². The number of nitrogens with zero attached hydrogens (tertiary/aromatic N) is 2. The van der Waals surface area contributed by atoms with Crippen molar-refractivity contribution in [1.82, 2.24) is 9.55 Å². The van der Waals surface area contributed by atoms with Crippen LogP contribution in [0.4, 0.5) is 5.69 Å². The van der Waals surface area contributed by atoms with Crippen LogP contribution in [0.2, 0.25) is 0 Å². The molecule has 3 N–H and O–H groups in total. The van der Waals surface area contributed by atoms with Crippen molar-refractivity contribution in [3.05, 3.63) is 34.9 Å². The van der Waals surface area contributed by atoms with Gasteiger partial charge in [0.05, 0.1) is 17.2 Å². The lowest BCUT2D eigenvalue weighted by Gasteiger charge is -2.06. The Morgan fingerprint density at radius 1 is 1.50 bits per heavy atom. The molecule has 2 aromatic rings. The van der Waals surface area contributed by atoms with Crippen molar-refractivity contribution in [2.75, 3.05) is 18.4 Å². The van der Waals surface area contributed by atoms with Crippen LogP contribution in [0.15, 0.2) is 29.3 Å². The van der Waals surface area contributed by atoms with E-state index in [-0.39, 0.29) is 5.56 Å². The highest BCUT2D eigenvalue weighted by Gasteiger charge is 2.02. The number of rotatable bonds is 3. The lowest BCUT2D eigenvalue weighted by atomic mass is 10.2. The van der Waals surface area contributed by atoms with Gasteiger partial charge in [-0.1, -0.05) is 0 Å². The van der Waals surface area contributed by atoms with E-state index in [1.165, 1.54) is 10.9 Å². The molecular formula is C11H14N4O. The van der Waals surface area contributed by atoms with E-state index >= 15 is 0 Å². The zero-order valence-corrected chi connectivity index (χ0v) is 9.10. The first-order valence-electron chi connectivity index (χ1n) is 5.11. The van der Waals surface area contributed by atoms with Gasteiger partial charge in [-0.2, -0.15) is 0 Å². The fourth-order valence-corrected chi connectivity index (χ4v) is 1.54. The molecular weight excluding hydrogens is 204 g/mol. The minimum Gasteiger partial charge on any atom is -0.384 e. The summed E-state index contributed by atoms with van der Waals surface area (Å²) in [5, 5.41) is 3.77. The van der Waals surface area contributed by atoms with Crippen LogP contribution in [0, 0.1) is 0 Å². The van der Waals surface area contributed by atoms with Gasteiger partial charge in [0, 0.05) is 25.8 Å². The lowest BCUT2D eigenvalue weighted by Crippen LogP contribution is -2.17. The van der Waals surface area contributed by atoms with Crippen LogP contribution in [0.25, 0.3) is 10.9 Å². The van der Waals surface area contributed by atoms with Gasteiger partial charge in [-0.25, -0.2) is 4.98 Å². The molecule has 1 aromatic carbocycles. The SMILES string of the molecule is Cn1cnc2cc(NCCN)ccc2c1=O. The zero-order valence-electron chi connectivity index (χ0n) is 9.10. The third kappa shape index (κ3) is 1.90. The standard InChI is InChI=1S/C11H14N4O/c1-15-7-14-10-6-8(13-5-4-12)2-3-9(10)11(15)16/h2-3,6-7,13H,4-5,12H2,1H3. The maximum atomic E-state index is 11.7. The average molecular weight is 218 g/mol. The number of nitrogens with two attached hydrogens (primary N) is 1. The Hall–Kier alpha value is -1.88. The Morgan fingerprint density at radius 3 is 3.06 bits per heavy atom. The minimum atomic E-state index is -0.0321. The van der Waals surface area contributed by atoms with Gasteiger partial charge in [-0.15, -0.1) is 0 Å². The number of aryl methyl sites for hydroxylation is 1. The molecule has 0 radical (unpaired) electrons. The van der Waals surface area contributed by atoms with Crippen molar-refractivity contribution in [3.8, 4) is 0 Å². The summed E-state index contributed by atoms with van der Waals surface area (Å²) in [6.45, 7) is 1.28. The van der Waals surface area contributed by atoms with E-state index in [9.17, 15) is 4.79 Å². The van der Waals surface area contributed by atoms with Crippen molar-refractivity contribution < 1.29 is 0 Å². The highest BCUT2D eigenvalue weighted by atomic mass is 16.1. The third-order valence-electron chi connectivity index (χ3n) is 2.39. The van der Waals surface area contributed by atoms with Gasteiger partial charge < -0.3 is 15.6 Å². The van der Waals surface area contributed by atoms with Crippen molar-refractivity contribution in [3.63, 3.8) is 0 Å². The first-order chi connectivity index (χ1) is 7.72. The smallest absolute Gasteiger partial charge is 0.260 e. The molecule has 0 aliphatic rings. The predicted octanol–water partition coefficient (Wildman–Crippen LogP) is 0.304. The topological polar surface area (TPSA) is 72.9 Å². The van der Waals surface area contributed by atoms with E-state index in [4.69, 9.17) is 5.73 Å². The van der Waals surface area contributed by atoms with Crippen molar-refractivity contribution >= 4 is 16.6 Å². The molecule has 2 rings (SSSR count). The second kappa shape index (κ2) is 4.32. The van der Waals surface area contributed by atoms with Crippen molar-refractivity contribution in [2.45, 2.75) is 0 Å². The van der Waals surface area contributed by atoms with E-state index in [2.05, 4.69) is 10.3 Å². The Kier molecular flexibility index (Phi) is 2.87. The second-order valence-corrected chi connectivity index (χ2v) is 3.61. The third-order valence-corrected chi connectivity index (χ3v) is 2.39. The molecule has 0 fully saturated rings. The fourth-order valence-electron chi connectivity index (χ4n) is 1.54. The Balaban J connectivity index is 2.48. The largest absolute Gasteiger partial charge is 0.384 e. The molecule has 1 aromatic heterocycles. The van der Waals surface area contributed by atoms with Gasteiger partial charge in [0.2, 0.25) is 0 Å². The van der Waals surface area contributed by atoms with Gasteiger partial charge in [0.15, 0.2) is 0 Å². The van der Waals surface area contributed by atoms with Crippen LogP contribution >= 0.6 is 0 Å². The van der Waals surface area contributed by atoms with E-state index in [0.29, 0.717) is 24.0 Å². The van der Waals surface area contributed by atoms with Crippen LogP contribution in [0.3, 0.4) is 0 Å².